The number of rotatable bonds is 4. The molecule has 0 bridgehead atoms. The quantitative estimate of drug-likeness (QED) is 0.834. The molecular formula is C17H31N3O. The fraction of sp³-hybridized carbons (Fsp3) is 0.941. The van der Waals surface area contributed by atoms with Crippen LogP contribution >= 0.6 is 0 Å². The molecule has 1 aliphatic heterocycles. The summed E-state index contributed by atoms with van der Waals surface area (Å²) in [6.45, 7) is 5.90. The van der Waals surface area contributed by atoms with Crippen LogP contribution in [0.2, 0.25) is 0 Å². The highest BCUT2D eigenvalue weighted by Gasteiger charge is 2.46. The molecule has 3 N–H and O–H groups in total. The zero-order chi connectivity index (χ0) is 15.0. The first kappa shape index (κ1) is 15.3. The van der Waals surface area contributed by atoms with Crippen molar-refractivity contribution in [2.24, 2.45) is 11.7 Å². The second-order valence-electron chi connectivity index (χ2n) is 7.83. The third-order valence-corrected chi connectivity index (χ3v) is 5.91. The van der Waals surface area contributed by atoms with E-state index in [4.69, 9.17) is 5.73 Å². The van der Waals surface area contributed by atoms with Crippen molar-refractivity contribution in [3.8, 4) is 0 Å². The zero-order valence-corrected chi connectivity index (χ0v) is 13.6. The van der Waals surface area contributed by atoms with E-state index in [0.717, 1.165) is 25.2 Å². The fourth-order valence-corrected chi connectivity index (χ4v) is 4.54. The Kier molecular flexibility index (Phi) is 4.28. The molecular weight excluding hydrogens is 262 g/mol. The van der Waals surface area contributed by atoms with E-state index in [1.54, 1.807) is 0 Å². The molecule has 4 unspecified atom stereocenters. The molecule has 21 heavy (non-hydrogen) atoms. The minimum absolute atomic E-state index is 0.128. The van der Waals surface area contributed by atoms with Gasteiger partial charge in [-0.3, -0.25) is 9.69 Å². The molecule has 0 spiro atoms. The molecule has 2 aliphatic carbocycles. The molecule has 1 heterocycles. The average Bonchev–Trinajstić information content (AvgIpc) is 3.22. The van der Waals surface area contributed by atoms with Gasteiger partial charge in [-0.15, -0.1) is 0 Å². The fourth-order valence-electron chi connectivity index (χ4n) is 4.54. The van der Waals surface area contributed by atoms with Gasteiger partial charge in [-0.1, -0.05) is 6.92 Å². The number of primary amides is 1. The lowest BCUT2D eigenvalue weighted by molar-refractivity contribution is -0.127. The zero-order valence-electron chi connectivity index (χ0n) is 13.6. The van der Waals surface area contributed by atoms with Crippen LogP contribution in [-0.2, 0) is 4.79 Å². The molecule has 1 amide bonds. The normalized spacial score (nSPS) is 41.9. The second kappa shape index (κ2) is 5.88. The summed E-state index contributed by atoms with van der Waals surface area (Å²) >= 11 is 0. The molecule has 4 atom stereocenters. The van der Waals surface area contributed by atoms with E-state index >= 15 is 0 Å². The van der Waals surface area contributed by atoms with Gasteiger partial charge in [0.2, 0.25) is 5.91 Å². The van der Waals surface area contributed by atoms with Crippen LogP contribution in [0.5, 0.6) is 0 Å². The lowest BCUT2D eigenvalue weighted by Gasteiger charge is -2.48. The van der Waals surface area contributed by atoms with Gasteiger partial charge >= 0.3 is 0 Å². The molecule has 4 nitrogen and oxygen atoms in total. The van der Waals surface area contributed by atoms with Gasteiger partial charge in [0.25, 0.3) is 0 Å². The standard InChI is InChI=1S/C17H31N3O/c1-12-7-9-20(13(2)10-12)15-4-3-8-17(11-15,16(18)21)19-14-5-6-14/h12-15,19H,3-11H2,1-2H3,(H2,18,21). The molecule has 120 valence electrons. The topological polar surface area (TPSA) is 58.4 Å². The van der Waals surface area contributed by atoms with Gasteiger partial charge in [-0.25, -0.2) is 0 Å². The molecule has 3 aliphatic rings. The molecule has 3 rings (SSSR count). The third kappa shape index (κ3) is 3.26. The predicted molar refractivity (Wildman–Crippen MR) is 84.9 cm³/mol. The smallest absolute Gasteiger partial charge is 0.237 e. The van der Waals surface area contributed by atoms with E-state index in [2.05, 4.69) is 24.1 Å². The van der Waals surface area contributed by atoms with Crippen molar-refractivity contribution < 1.29 is 4.79 Å². The maximum Gasteiger partial charge on any atom is 0.237 e. The van der Waals surface area contributed by atoms with Crippen LogP contribution < -0.4 is 11.1 Å². The Hall–Kier alpha value is -0.610. The number of nitrogens with one attached hydrogen (secondary N) is 1. The number of carbonyl (C=O) groups excluding carboxylic acids is 1. The van der Waals surface area contributed by atoms with E-state index in [1.165, 1.54) is 38.6 Å². The first-order valence-electron chi connectivity index (χ1n) is 8.83. The molecule has 0 aromatic heterocycles. The molecule has 2 saturated carbocycles. The number of carbonyl (C=O) groups is 1. The van der Waals surface area contributed by atoms with Crippen molar-refractivity contribution in [1.29, 1.82) is 0 Å². The van der Waals surface area contributed by atoms with Gasteiger partial charge in [-0.2, -0.15) is 0 Å². The molecule has 1 saturated heterocycles. The van der Waals surface area contributed by atoms with Crippen molar-refractivity contribution in [2.75, 3.05) is 6.54 Å². The Morgan fingerprint density at radius 1 is 1.24 bits per heavy atom. The number of nitrogens with two attached hydrogens (primary N) is 1. The van der Waals surface area contributed by atoms with Crippen LogP contribution in [-0.4, -0.2) is 41.0 Å². The van der Waals surface area contributed by atoms with E-state index < -0.39 is 5.54 Å². The number of hydrogen-bond donors (Lipinski definition) is 2. The van der Waals surface area contributed by atoms with Gasteiger partial charge in [0.15, 0.2) is 0 Å². The minimum Gasteiger partial charge on any atom is -0.368 e. The summed E-state index contributed by atoms with van der Waals surface area (Å²) in [5.74, 6) is 0.711. The Morgan fingerprint density at radius 2 is 2.00 bits per heavy atom. The Bertz CT molecular complexity index is 395. The van der Waals surface area contributed by atoms with E-state index in [-0.39, 0.29) is 5.91 Å². The molecule has 4 heteroatoms. The highest BCUT2D eigenvalue weighted by molar-refractivity contribution is 5.85. The van der Waals surface area contributed by atoms with E-state index in [9.17, 15) is 4.79 Å². The highest BCUT2D eigenvalue weighted by atomic mass is 16.1. The highest BCUT2D eigenvalue weighted by Crippen LogP contribution is 2.37. The summed E-state index contributed by atoms with van der Waals surface area (Å²) in [6, 6.07) is 1.71. The summed E-state index contributed by atoms with van der Waals surface area (Å²) in [7, 11) is 0. The number of hydrogen-bond acceptors (Lipinski definition) is 3. The maximum absolute atomic E-state index is 12.1. The molecule has 3 fully saturated rings. The van der Waals surface area contributed by atoms with Crippen LogP contribution in [0, 0.1) is 5.92 Å². The lowest BCUT2D eigenvalue weighted by atomic mass is 9.76. The number of amides is 1. The van der Waals surface area contributed by atoms with E-state index in [0.29, 0.717) is 18.1 Å². The summed E-state index contributed by atoms with van der Waals surface area (Å²) in [4.78, 5) is 14.8. The van der Waals surface area contributed by atoms with Crippen molar-refractivity contribution in [3.05, 3.63) is 0 Å². The number of piperidine rings is 1. The molecule has 0 aromatic carbocycles. The monoisotopic (exact) mass is 293 g/mol. The lowest BCUT2D eigenvalue weighted by Crippen LogP contribution is -2.62. The Labute approximate surface area is 128 Å². The minimum atomic E-state index is -0.438. The Balaban J connectivity index is 1.70. The summed E-state index contributed by atoms with van der Waals surface area (Å²) in [6.07, 6.45) is 9.17. The van der Waals surface area contributed by atoms with Crippen molar-refractivity contribution in [2.45, 2.75) is 88.9 Å². The number of likely N-dealkylation sites (tertiary alicyclic amines) is 1. The SMILES string of the molecule is CC1CCN(C2CCCC(NC3CC3)(C(N)=O)C2)C(C)C1. The van der Waals surface area contributed by atoms with Crippen molar-refractivity contribution in [1.82, 2.24) is 10.2 Å². The predicted octanol–water partition coefficient (Wildman–Crippen LogP) is 2.03. The Morgan fingerprint density at radius 3 is 2.62 bits per heavy atom. The van der Waals surface area contributed by atoms with Crippen LogP contribution in [0.3, 0.4) is 0 Å². The van der Waals surface area contributed by atoms with Crippen molar-refractivity contribution >= 4 is 5.91 Å². The largest absolute Gasteiger partial charge is 0.368 e. The molecule has 0 aromatic rings. The van der Waals surface area contributed by atoms with Crippen LogP contribution in [0.15, 0.2) is 0 Å². The van der Waals surface area contributed by atoms with Gasteiger partial charge in [0.1, 0.15) is 0 Å². The summed E-state index contributed by atoms with van der Waals surface area (Å²) in [5, 5.41) is 3.60. The van der Waals surface area contributed by atoms with Crippen LogP contribution in [0.25, 0.3) is 0 Å². The maximum atomic E-state index is 12.1. The third-order valence-electron chi connectivity index (χ3n) is 5.91. The average molecular weight is 293 g/mol. The molecule has 0 radical (unpaired) electrons. The van der Waals surface area contributed by atoms with Crippen molar-refractivity contribution in [3.63, 3.8) is 0 Å². The summed E-state index contributed by atoms with van der Waals surface area (Å²) in [5.41, 5.74) is 5.37. The van der Waals surface area contributed by atoms with Gasteiger partial charge in [0, 0.05) is 18.1 Å². The van der Waals surface area contributed by atoms with Gasteiger partial charge in [-0.05, 0) is 70.8 Å². The number of nitrogens with zero attached hydrogens (tertiary/aromatic N) is 1. The van der Waals surface area contributed by atoms with Crippen LogP contribution in [0.4, 0.5) is 0 Å². The first-order valence-corrected chi connectivity index (χ1v) is 8.83. The van der Waals surface area contributed by atoms with Gasteiger partial charge in [0.05, 0.1) is 5.54 Å². The van der Waals surface area contributed by atoms with Gasteiger partial charge < -0.3 is 11.1 Å². The van der Waals surface area contributed by atoms with E-state index in [1.807, 2.05) is 0 Å². The van der Waals surface area contributed by atoms with Crippen LogP contribution in [0.1, 0.15) is 65.2 Å². The summed E-state index contributed by atoms with van der Waals surface area (Å²) < 4.78 is 0. The second-order valence-corrected chi connectivity index (χ2v) is 7.83. The first-order chi connectivity index (χ1) is 10.00.